The second-order valence-corrected chi connectivity index (χ2v) is 8.16. The Morgan fingerprint density at radius 1 is 1.17 bits per heavy atom. The molecular formula is C22H20Cl3N3O2. The summed E-state index contributed by atoms with van der Waals surface area (Å²) in [5.74, 6) is -0.512. The Morgan fingerprint density at radius 3 is 2.47 bits per heavy atom. The number of nitrogens with one attached hydrogen (secondary N) is 2. The third-order valence-corrected chi connectivity index (χ3v) is 5.58. The summed E-state index contributed by atoms with van der Waals surface area (Å²) in [6, 6.07) is 3.23. The summed E-state index contributed by atoms with van der Waals surface area (Å²) >= 11 is 18.4. The van der Waals surface area contributed by atoms with Crippen molar-refractivity contribution in [3.05, 3.63) is 74.3 Å². The molecule has 0 saturated carbocycles. The number of carbonyl (C=O) groups excluding carboxylic acids is 1. The van der Waals surface area contributed by atoms with Crippen LogP contribution in [0.25, 0.3) is 22.8 Å². The molecule has 0 aliphatic carbocycles. The number of carbonyl (C=O) groups is 1. The van der Waals surface area contributed by atoms with Crippen LogP contribution in [0.15, 0.2) is 36.1 Å². The summed E-state index contributed by atoms with van der Waals surface area (Å²) in [4.78, 5) is 18.7. The quantitative estimate of drug-likeness (QED) is 0.292. The van der Waals surface area contributed by atoms with Gasteiger partial charge in [0.1, 0.15) is 5.69 Å². The fourth-order valence-corrected chi connectivity index (χ4v) is 3.75. The summed E-state index contributed by atoms with van der Waals surface area (Å²) in [7, 11) is 1.32. The zero-order valence-electron chi connectivity index (χ0n) is 16.6. The van der Waals surface area contributed by atoms with E-state index in [4.69, 9.17) is 45.3 Å². The predicted molar refractivity (Wildman–Crippen MR) is 125 cm³/mol. The van der Waals surface area contributed by atoms with E-state index in [-0.39, 0.29) is 5.69 Å². The van der Waals surface area contributed by atoms with E-state index in [0.29, 0.717) is 43.0 Å². The van der Waals surface area contributed by atoms with E-state index in [1.165, 1.54) is 7.11 Å². The molecule has 0 aliphatic rings. The van der Waals surface area contributed by atoms with Gasteiger partial charge in [-0.2, -0.15) is 0 Å². The molecule has 8 heteroatoms. The molecule has 0 amide bonds. The van der Waals surface area contributed by atoms with E-state index >= 15 is 0 Å². The van der Waals surface area contributed by atoms with E-state index in [9.17, 15) is 4.79 Å². The molecular weight excluding hydrogens is 445 g/mol. The average Bonchev–Trinajstić information content (AvgIpc) is 3.27. The smallest absolute Gasteiger partial charge is 0.355 e. The molecule has 0 aliphatic heterocycles. The van der Waals surface area contributed by atoms with Crippen molar-refractivity contribution in [2.24, 2.45) is 0 Å². The lowest BCUT2D eigenvalue weighted by molar-refractivity contribution is 0.0595. The first kappa shape index (κ1) is 22.1. The van der Waals surface area contributed by atoms with Crippen molar-refractivity contribution in [1.29, 1.82) is 0 Å². The first-order valence-corrected chi connectivity index (χ1v) is 10.0. The number of rotatable bonds is 5. The van der Waals surface area contributed by atoms with Crippen LogP contribution < -0.4 is 5.73 Å². The van der Waals surface area contributed by atoms with Crippen LogP contribution in [0.4, 0.5) is 5.69 Å². The second-order valence-electron chi connectivity index (χ2n) is 6.75. The number of ether oxygens (including phenoxy) is 1. The molecule has 5 nitrogen and oxygen atoms in total. The number of aromatic nitrogens is 2. The summed E-state index contributed by atoms with van der Waals surface area (Å²) in [5, 5.41) is 1.30. The highest BCUT2D eigenvalue weighted by Crippen LogP contribution is 2.41. The van der Waals surface area contributed by atoms with Gasteiger partial charge in [-0.1, -0.05) is 41.4 Å². The minimum atomic E-state index is -0.512. The van der Waals surface area contributed by atoms with Crippen molar-refractivity contribution in [3.63, 3.8) is 0 Å². The number of halogens is 3. The van der Waals surface area contributed by atoms with Crippen molar-refractivity contribution in [3.8, 4) is 11.1 Å². The van der Waals surface area contributed by atoms with Gasteiger partial charge in [0.05, 0.1) is 17.2 Å². The minimum Gasteiger partial charge on any atom is -0.464 e. The van der Waals surface area contributed by atoms with E-state index in [2.05, 4.69) is 16.5 Å². The zero-order chi connectivity index (χ0) is 22.2. The SMILES string of the molecule is C=C(c1cc(Cl)c(Cl)cc1N)c1c[nH]c(C(=O)OC)c1-c1c[nH]c(C)c1/C=C(\C)Cl. The monoisotopic (exact) mass is 463 g/mol. The number of aryl methyl sites for hydroxylation is 1. The maximum absolute atomic E-state index is 12.5. The van der Waals surface area contributed by atoms with E-state index in [1.54, 1.807) is 25.3 Å². The number of esters is 1. The van der Waals surface area contributed by atoms with Gasteiger partial charge in [0.2, 0.25) is 0 Å². The molecule has 2 aromatic heterocycles. The maximum atomic E-state index is 12.5. The van der Waals surface area contributed by atoms with Crippen molar-refractivity contribution in [2.75, 3.05) is 12.8 Å². The van der Waals surface area contributed by atoms with Gasteiger partial charge in [-0.3, -0.25) is 0 Å². The lowest BCUT2D eigenvalue weighted by Gasteiger charge is -2.13. The van der Waals surface area contributed by atoms with Crippen molar-refractivity contribution >= 4 is 58.1 Å². The number of H-pyrrole nitrogens is 2. The van der Waals surface area contributed by atoms with Crippen LogP contribution in [-0.4, -0.2) is 23.0 Å². The van der Waals surface area contributed by atoms with Crippen LogP contribution in [0.2, 0.25) is 10.0 Å². The molecule has 0 spiro atoms. The first-order valence-electron chi connectivity index (χ1n) is 8.91. The zero-order valence-corrected chi connectivity index (χ0v) is 18.9. The van der Waals surface area contributed by atoms with Gasteiger partial charge in [-0.25, -0.2) is 4.79 Å². The Balaban J connectivity index is 2.28. The van der Waals surface area contributed by atoms with Gasteiger partial charge in [-0.05, 0) is 37.6 Å². The average molecular weight is 465 g/mol. The number of hydrogen-bond donors (Lipinski definition) is 3. The lowest BCUT2D eigenvalue weighted by Crippen LogP contribution is -2.04. The van der Waals surface area contributed by atoms with Gasteiger partial charge >= 0.3 is 5.97 Å². The molecule has 0 unspecified atom stereocenters. The number of nitrogens with two attached hydrogens (primary N) is 1. The van der Waals surface area contributed by atoms with Gasteiger partial charge in [-0.15, -0.1) is 0 Å². The molecule has 3 aromatic rings. The highest BCUT2D eigenvalue weighted by atomic mass is 35.5. The van der Waals surface area contributed by atoms with Crippen LogP contribution in [0.5, 0.6) is 0 Å². The molecule has 1 aromatic carbocycles. The Bertz CT molecular complexity index is 1180. The molecule has 4 N–H and O–H groups in total. The highest BCUT2D eigenvalue weighted by molar-refractivity contribution is 6.42. The molecule has 0 saturated heterocycles. The summed E-state index contributed by atoms with van der Waals surface area (Å²) in [5.41, 5.74) is 11.9. The van der Waals surface area contributed by atoms with Crippen LogP contribution in [-0.2, 0) is 4.74 Å². The van der Waals surface area contributed by atoms with Crippen molar-refractivity contribution < 1.29 is 9.53 Å². The molecule has 156 valence electrons. The molecule has 3 rings (SSSR count). The summed E-state index contributed by atoms with van der Waals surface area (Å²) < 4.78 is 4.97. The van der Waals surface area contributed by atoms with Gasteiger partial charge in [0.25, 0.3) is 0 Å². The Labute approximate surface area is 189 Å². The molecule has 0 radical (unpaired) electrons. The summed E-state index contributed by atoms with van der Waals surface area (Å²) in [6.45, 7) is 7.91. The third-order valence-electron chi connectivity index (χ3n) is 4.75. The molecule has 30 heavy (non-hydrogen) atoms. The number of methoxy groups -OCH3 is 1. The number of nitrogen functional groups attached to an aromatic ring is 1. The number of aromatic amines is 2. The number of benzene rings is 1. The number of allylic oxidation sites excluding steroid dienone is 1. The molecule has 2 heterocycles. The Morgan fingerprint density at radius 2 is 1.83 bits per heavy atom. The van der Waals surface area contributed by atoms with Crippen molar-refractivity contribution in [2.45, 2.75) is 13.8 Å². The molecule has 0 fully saturated rings. The van der Waals surface area contributed by atoms with Crippen LogP contribution >= 0.6 is 34.8 Å². The van der Waals surface area contributed by atoms with E-state index < -0.39 is 5.97 Å². The number of anilines is 1. The van der Waals surface area contributed by atoms with Crippen LogP contribution in [0.1, 0.15) is 39.8 Å². The van der Waals surface area contributed by atoms with Gasteiger partial charge in [0, 0.05) is 56.6 Å². The highest BCUT2D eigenvalue weighted by Gasteiger charge is 2.25. The standard InChI is InChI=1S/C22H20Cl3N3O2/c1-10(23)5-14-12(3)27-9-16(14)20-15(8-28-21(20)22(29)30-4)11(2)13-6-17(24)18(25)7-19(13)26/h5-9,27-28H,2,26H2,1,3-4H3/b10-5+. The third kappa shape index (κ3) is 4.01. The topological polar surface area (TPSA) is 83.9 Å². The molecule has 0 atom stereocenters. The maximum Gasteiger partial charge on any atom is 0.355 e. The Kier molecular flexibility index (Phi) is 6.36. The summed E-state index contributed by atoms with van der Waals surface area (Å²) in [6.07, 6.45) is 5.33. The van der Waals surface area contributed by atoms with Crippen LogP contribution in [0.3, 0.4) is 0 Å². The lowest BCUT2D eigenvalue weighted by atomic mass is 9.91. The van der Waals surface area contributed by atoms with Crippen LogP contribution in [0, 0.1) is 6.92 Å². The second kappa shape index (κ2) is 8.64. The minimum absolute atomic E-state index is 0.285. The fourth-order valence-electron chi connectivity index (χ4n) is 3.30. The predicted octanol–water partition coefficient (Wildman–Crippen LogP) is 6.65. The first-order chi connectivity index (χ1) is 14.1. The van der Waals surface area contributed by atoms with E-state index in [1.807, 2.05) is 19.2 Å². The largest absolute Gasteiger partial charge is 0.464 e. The Hall–Kier alpha value is -2.60. The fraction of sp³-hybridized carbons (Fsp3) is 0.136. The normalized spacial score (nSPS) is 11.6. The van der Waals surface area contributed by atoms with Gasteiger partial charge in [0.15, 0.2) is 0 Å². The van der Waals surface area contributed by atoms with E-state index in [0.717, 1.165) is 16.8 Å². The van der Waals surface area contributed by atoms with Crippen molar-refractivity contribution in [1.82, 2.24) is 9.97 Å². The number of hydrogen-bond acceptors (Lipinski definition) is 3. The molecule has 0 bridgehead atoms. The van der Waals surface area contributed by atoms with Gasteiger partial charge < -0.3 is 20.4 Å².